The molecule has 0 aromatic heterocycles. The van der Waals surface area contributed by atoms with Gasteiger partial charge in [0.05, 0.1) is 16.6 Å². The smallest absolute Gasteiger partial charge is 0.255 e. The second kappa shape index (κ2) is 6.04. The molecule has 0 saturated heterocycles. The van der Waals surface area contributed by atoms with E-state index in [1.807, 2.05) is 6.92 Å². The minimum atomic E-state index is -0.478. The van der Waals surface area contributed by atoms with Crippen molar-refractivity contribution in [1.82, 2.24) is 0 Å². The summed E-state index contributed by atoms with van der Waals surface area (Å²) in [5.41, 5.74) is 1.88. The van der Waals surface area contributed by atoms with Crippen molar-refractivity contribution in [1.29, 1.82) is 0 Å². The van der Waals surface area contributed by atoms with Crippen LogP contribution in [0.15, 0.2) is 41.3 Å². The molecule has 0 aliphatic carbocycles. The van der Waals surface area contributed by atoms with Gasteiger partial charge in [-0.05, 0) is 49.7 Å². The molecular weight excluding hydrogens is 315 g/mol. The monoisotopic (exact) mass is 330 g/mol. The van der Waals surface area contributed by atoms with Gasteiger partial charge in [-0.3, -0.25) is 9.59 Å². The molecule has 0 fully saturated rings. The molecule has 0 saturated carbocycles. The average Bonchev–Trinajstić information content (AvgIpc) is 2.50. The normalized spacial score (nSPS) is 16.5. The number of rotatable bonds is 2. The van der Waals surface area contributed by atoms with E-state index in [0.29, 0.717) is 11.3 Å². The highest BCUT2D eigenvalue weighted by molar-refractivity contribution is 8.00. The van der Waals surface area contributed by atoms with Crippen LogP contribution in [0.5, 0.6) is 0 Å². The minimum absolute atomic E-state index is 0.0929. The molecule has 1 aliphatic rings. The van der Waals surface area contributed by atoms with Gasteiger partial charge in [0.15, 0.2) is 0 Å². The molecule has 2 N–H and O–H groups in total. The molecule has 2 aromatic rings. The zero-order chi connectivity index (χ0) is 16.6. The highest BCUT2D eigenvalue weighted by atomic mass is 32.2. The van der Waals surface area contributed by atoms with E-state index in [-0.39, 0.29) is 16.8 Å². The highest BCUT2D eigenvalue weighted by Crippen LogP contribution is 2.36. The van der Waals surface area contributed by atoms with Crippen LogP contribution in [0.25, 0.3) is 0 Å². The maximum atomic E-state index is 13.8. The third kappa shape index (κ3) is 3.22. The summed E-state index contributed by atoms with van der Waals surface area (Å²) in [4.78, 5) is 24.9. The van der Waals surface area contributed by atoms with Gasteiger partial charge in [0.2, 0.25) is 5.91 Å². The SMILES string of the molecule is Cc1ccc(NC(=O)c2ccc3c(c2)NC(=O)C(C)S3)c(F)c1. The fourth-order valence-corrected chi connectivity index (χ4v) is 3.20. The van der Waals surface area contributed by atoms with Gasteiger partial charge in [0.1, 0.15) is 5.82 Å². The Morgan fingerprint density at radius 3 is 2.78 bits per heavy atom. The molecule has 1 unspecified atom stereocenters. The second-order valence-electron chi connectivity index (χ2n) is 5.40. The summed E-state index contributed by atoms with van der Waals surface area (Å²) in [6.45, 7) is 3.60. The Bertz CT molecular complexity index is 807. The van der Waals surface area contributed by atoms with Crippen molar-refractivity contribution in [2.45, 2.75) is 24.0 Å². The Kier molecular flexibility index (Phi) is 4.09. The lowest BCUT2D eigenvalue weighted by atomic mass is 10.1. The number of nitrogens with one attached hydrogen (secondary N) is 2. The van der Waals surface area contributed by atoms with Crippen molar-refractivity contribution in [3.8, 4) is 0 Å². The summed E-state index contributed by atoms with van der Waals surface area (Å²) in [6, 6.07) is 9.67. The van der Waals surface area contributed by atoms with Crippen LogP contribution in [-0.2, 0) is 4.79 Å². The molecule has 118 valence electrons. The Morgan fingerprint density at radius 2 is 2.04 bits per heavy atom. The number of amides is 2. The molecule has 1 atom stereocenters. The van der Waals surface area contributed by atoms with Gasteiger partial charge in [-0.15, -0.1) is 11.8 Å². The Balaban J connectivity index is 1.83. The third-order valence-corrected chi connectivity index (χ3v) is 4.72. The van der Waals surface area contributed by atoms with Crippen molar-refractivity contribution in [2.24, 2.45) is 0 Å². The number of halogens is 1. The number of thioether (sulfide) groups is 1. The molecule has 0 spiro atoms. The van der Waals surface area contributed by atoms with Gasteiger partial charge in [0.25, 0.3) is 5.91 Å². The summed E-state index contributed by atoms with van der Waals surface area (Å²) in [7, 11) is 0. The van der Waals surface area contributed by atoms with Crippen molar-refractivity contribution in [3.63, 3.8) is 0 Å². The van der Waals surface area contributed by atoms with Gasteiger partial charge in [-0.1, -0.05) is 6.07 Å². The van der Waals surface area contributed by atoms with E-state index in [9.17, 15) is 14.0 Å². The average molecular weight is 330 g/mol. The molecule has 6 heteroatoms. The molecule has 1 aliphatic heterocycles. The number of anilines is 2. The van der Waals surface area contributed by atoms with E-state index in [2.05, 4.69) is 10.6 Å². The first-order valence-electron chi connectivity index (χ1n) is 7.13. The number of carbonyl (C=O) groups is 2. The van der Waals surface area contributed by atoms with Crippen molar-refractivity contribution in [2.75, 3.05) is 10.6 Å². The summed E-state index contributed by atoms with van der Waals surface area (Å²) in [5, 5.41) is 5.16. The number of aryl methyl sites for hydroxylation is 1. The van der Waals surface area contributed by atoms with Gasteiger partial charge in [-0.2, -0.15) is 0 Å². The molecule has 0 bridgehead atoms. The van der Waals surface area contributed by atoms with Gasteiger partial charge < -0.3 is 10.6 Å². The molecule has 1 heterocycles. The minimum Gasteiger partial charge on any atom is -0.324 e. The van der Waals surface area contributed by atoms with Crippen LogP contribution < -0.4 is 10.6 Å². The van der Waals surface area contributed by atoms with E-state index < -0.39 is 11.7 Å². The Labute approximate surface area is 137 Å². The van der Waals surface area contributed by atoms with Crippen LogP contribution in [0.3, 0.4) is 0 Å². The number of fused-ring (bicyclic) bond motifs is 1. The number of carbonyl (C=O) groups excluding carboxylic acids is 2. The Hall–Kier alpha value is -2.34. The lowest BCUT2D eigenvalue weighted by molar-refractivity contribution is -0.115. The van der Waals surface area contributed by atoms with Crippen LogP contribution in [0.2, 0.25) is 0 Å². The first-order chi connectivity index (χ1) is 10.9. The predicted octanol–water partition coefficient (Wildman–Crippen LogP) is 3.82. The molecule has 23 heavy (non-hydrogen) atoms. The van der Waals surface area contributed by atoms with Crippen molar-refractivity contribution >= 4 is 35.0 Å². The highest BCUT2D eigenvalue weighted by Gasteiger charge is 2.23. The van der Waals surface area contributed by atoms with Crippen molar-refractivity contribution in [3.05, 3.63) is 53.3 Å². The topological polar surface area (TPSA) is 58.2 Å². The standard InChI is InChI=1S/C17H15FN2O2S/c1-9-3-5-13(12(18)7-9)19-17(22)11-4-6-15-14(8-11)20-16(21)10(2)23-15/h3-8,10H,1-2H3,(H,19,22)(H,20,21). The molecule has 4 nitrogen and oxygen atoms in total. The quantitative estimate of drug-likeness (QED) is 0.880. The zero-order valence-corrected chi connectivity index (χ0v) is 13.5. The lowest BCUT2D eigenvalue weighted by Crippen LogP contribution is -2.26. The number of hydrogen-bond acceptors (Lipinski definition) is 3. The summed E-state index contributed by atoms with van der Waals surface area (Å²) in [6.07, 6.45) is 0. The molecular formula is C17H15FN2O2S. The molecule has 0 radical (unpaired) electrons. The van der Waals surface area contributed by atoms with Gasteiger partial charge in [-0.25, -0.2) is 4.39 Å². The summed E-state index contributed by atoms with van der Waals surface area (Å²) in [5.74, 6) is -0.993. The number of benzene rings is 2. The predicted molar refractivity (Wildman–Crippen MR) is 89.5 cm³/mol. The lowest BCUT2D eigenvalue weighted by Gasteiger charge is -2.21. The van der Waals surface area contributed by atoms with Crippen molar-refractivity contribution < 1.29 is 14.0 Å². The summed E-state index contributed by atoms with van der Waals surface area (Å²) >= 11 is 1.44. The Morgan fingerprint density at radius 1 is 1.26 bits per heavy atom. The first kappa shape index (κ1) is 15.6. The molecule has 2 aromatic carbocycles. The third-order valence-electron chi connectivity index (χ3n) is 3.55. The maximum Gasteiger partial charge on any atom is 0.255 e. The fraction of sp³-hybridized carbons (Fsp3) is 0.176. The van der Waals surface area contributed by atoms with Crippen LogP contribution >= 0.6 is 11.8 Å². The maximum absolute atomic E-state index is 13.8. The largest absolute Gasteiger partial charge is 0.324 e. The first-order valence-corrected chi connectivity index (χ1v) is 8.01. The fourth-order valence-electron chi connectivity index (χ4n) is 2.27. The van der Waals surface area contributed by atoms with E-state index in [1.54, 1.807) is 31.2 Å². The van der Waals surface area contributed by atoms with Gasteiger partial charge in [0, 0.05) is 10.5 Å². The molecule has 2 amide bonds. The molecule has 3 rings (SSSR count). The van der Waals surface area contributed by atoms with Gasteiger partial charge >= 0.3 is 0 Å². The van der Waals surface area contributed by atoms with Crippen LogP contribution in [-0.4, -0.2) is 17.1 Å². The van der Waals surface area contributed by atoms with E-state index in [4.69, 9.17) is 0 Å². The van der Waals surface area contributed by atoms with E-state index >= 15 is 0 Å². The van der Waals surface area contributed by atoms with Crippen LogP contribution in [0.1, 0.15) is 22.8 Å². The van der Waals surface area contributed by atoms with Crippen LogP contribution in [0.4, 0.5) is 15.8 Å². The number of hydrogen-bond donors (Lipinski definition) is 2. The second-order valence-corrected chi connectivity index (χ2v) is 6.78. The van der Waals surface area contributed by atoms with E-state index in [1.165, 1.54) is 23.9 Å². The zero-order valence-electron chi connectivity index (χ0n) is 12.6. The summed E-state index contributed by atoms with van der Waals surface area (Å²) < 4.78 is 13.8. The van der Waals surface area contributed by atoms with E-state index in [0.717, 1.165) is 10.5 Å². The van der Waals surface area contributed by atoms with Crippen LogP contribution in [0, 0.1) is 12.7 Å².